The molecule has 0 amide bonds. The van der Waals surface area contributed by atoms with Crippen LogP contribution in [0.25, 0.3) is 0 Å². The van der Waals surface area contributed by atoms with Gasteiger partial charge in [0, 0.05) is 34.5 Å². The fraction of sp³-hybridized carbons (Fsp3) is 0.714. The molecule has 2 saturated heterocycles. The van der Waals surface area contributed by atoms with Crippen molar-refractivity contribution in [1.29, 1.82) is 0 Å². The van der Waals surface area contributed by atoms with Crippen molar-refractivity contribution in [3.63, 3.8) is 0 Å². The smallest absolute Gasteiger partial charge is 0.0827 e. The molecule has 3 heterocycles. The Hall–Kier alpha value is 0.0600. The standard InChI is InChI=1S/C14H21BrN2OS/c1-10(14-13(15)4-6-19-14)16-7-12-8-17-5-2-3-11(17)9-18-12/h4,6,10-12,16H,2-3,5,7-9H2,1H3. The van der Waals surface area contributed by atoms with Crippen LogP contribution < -0.4 is 5.32 Å². The lowest BCUT2D eigenvalue weighted by molar-refractivity contribution is -0.0477. The molecular weight excluding hydrogens is 324 g/mol. The van der Waals surface area contributed by atoms with Crippen LogP contribution in [-0.4, -0.2) is 43.3 Å². The molecular formula is C14H21BrN2OS. The third-order valence-electron chi connectivity index (χ3n) is 4.15. The van der Waals surface area contributed by atoms with Crippen molar-refractivity contribution in [2.75, 3.05) is 26.2 Å². The van der Waals surface area contributed by atoms with Gasteiger partial charge in [-0.05, 0) is 53.7 Å². The predicted octanol–water partition coefficient (Wildman–Crippen LogP) is 3.02. The number of halogens is 1. The second-order valence-corrected chi connectivity index (χ2v) is 7.31. The molecule has 106 valence electrons. The topological polar surface area (TPSA) is 24.5 Å². The molecule has 3 nitrogen and oxygen atoms in total. The van der Waals surface area contributed by atoms with Crippen LogP contribution in [0.2, 0.25) is 0 Å². The van der Waals surface area contributed by atoms with Gasteiger partial charge in [0.15, 0.2) is 0 Å². The van der Waals surface area contributed by atoms with Gasteiger partial charge in [0.2, 0.25) is 0 Å². The van der Waals surface area contributed by atoms with E-state index in [1.165, 1.54) is 28.7 Å². The molecule has 5 heteroatoms. The quantitative estimate of drug-likeness (QED) is 0.908. The summed E-state index contributed by atoms with van der Waals surface area (Å²) < 4.78 is 7.19. The van der Waals surface area contributed by atoms with Gasteiger partial charge in [-0.15, -0.1) is 11.3 Å². The first kappa shape index (κ1) is 14.0. The molecule has 3 rings (SSSR count). The molecule has 0 radical (unpaired) electrons. The zero-order valence-corrected chi connectivity index (χ0v) is 13.7. The molecule has 1 aromatic heterocycles. The van der Waals surface area contributed by atoms with Crippen molar-refractivity contribution in [2.24, 2.45) is 0 Å². The van der Waals surface area contributed by atoms with E-state index in [0.717, 1.165) is 19.7 Å². The summed E-state index contributed by atoms with van der Waals surface area (Å²) in [5, 5.41) is 5.73. The molecule has 3 unspecified atom stereocenters. The summed E-state index contributed by atoms with van der Waals surface area (Å²) >= 11 is 5.40. The Bertz CT molecular complexity index is 425. The van der Waals surface area contributed by atoms with Crippen molar-refractivity contribution in [1.82, 2.24) is 10.2 Å². The van der Waals surface area contributed by atoms with Crippen molar-refractivity contribution < 1.29 is 4.74 Å². The molecule has 2 fully saturated rings. The summed E-state index contributed by atoms with van der Waals surface area (Å²) in [7, 11) is 0. The Labute approximate surface area is 127 Å². The maximum Gasteiger partial charge on any atom is 0.0827 e. The van der Waals surface area contributed by atoms with Gasteiger partial charge in [-0.1, -0.05) is 0 Å². The van der Waals surface area contributed by atoms with E-state index in [0.29, 0.717) is 18.2 Å². The molecule has 0 bridgehead atoms. The van der Waals surface area contributed by atoms with Gasteiger partial charge in [0.25, 0.3) is 0 Å². The normalized spacial score (nSPS) is 29.4. The second-order valence-electron chi connectivity index (χ2n) is 5.51. The minimum absolute atomic E-state index is 0.343. The van der Waals surface area contributed by atoms with Crippen molar-refractivity contribution in [3.8, 4) is 0 Å². The minimum atomic E-state index is 0.343. The number of thiophene rings is 1. The minimum Gasteiger partial charge on any atom is -0.374 e. The maximum atomic E-state index is 5.98. The van der Waals surface area contributed by atoms with Gasteiger partial charge in [0.05, 0.1) is 12.7 Å². The molecule has 2 aliphatic heterocycles. The average molecular weight is 345 g/mol. The molecule has 1 aromatic rings. The largest absolute Gasteiger partial charge is 0.374 e. The number of fused-ring (bicyclic) bond motifs is 1. The maximum absolute atomic E-state index is 5.98. The van der Waals surface area contributed by atoms with Crippen LogP contribution in [0.5, 0.6) is 0 Å². The first-order chi connectivity index (χ1) is 9.24. The Morgan fingerprint density at radius 3 is 3.32 bits per heavy atom. The van der Waals surface area contributed by atoms with E-state index in [9.17, 15) is 0 Å². The van der Waals surface area contributed by atoms with E-state index in [2.05, 4.69) is 44.5 Å². The molecule has 0 spiro atoms. The summed E-state index contributed by atoms with van der Waals surface area (Å²) in [6.07, 6.45) is 3.00. The molecule has 3 atom stereocenters. The number of hydrogen-bond acceptors (Lipinski definition) is 4. The van der Waals surface area contributed by atoms with Gasteiger partial charge in [-0.25, -0.2) is 0 Å². The fourth-order valence-electron chi connectivity index (χ4n) is 3.02. The fourth-order valence-corrected chi connectivity index (χ4v) is 4.77. The third kappa shape index (κ3) is 3.22. The summed E-state index contributed by atoms with van der Waals surface area (Å²) in [4.78, 5) is 3.97. The van der Waals surface area contributed by atoms with Crippen LogP contribution in [0.15, 0.2) is 15.9 Å². The number of hydrogen-bond donors (Lipinski definition) is 1. The number of morpholine rings is 1. The van der Waals surface area contributed by atoms with Gasteiger partial charge in [0.1, 0.15) is 0 Å². The summed E-state index contributed by atoms with van der Waals surface area (Å²) in [5.41, 5.74) is 0. The van der Waals surface area contributed by atoms with Gasteiger partial charge in [-0.2, -0.15) is 0 Å². The van der Waals surface area contributed by atoms with E-state index < -0.39 is 0 Å². The lowest BCUT2D eigenvalue weighted by Crippen LogP contribution is -2.49. The van der Waals surface area contributed by atoms with E-state index >= 15 is 0 Å². The van der Waals surface area contributed by atoms with Gasteiger partial charge >= 0.3 is 0 Å². The van der Waals surface area contributed by atoms with Crippen LogP contribution >= 0.6 is 27.3 Å². The third-order valence-corrected chi connectivity index (χ3v) is 6.20. The van der Waals surface area contributed by atoms with Crippen molar-refractivity contribution >= 4 is 27.3 Å². The highest BCUT2D eigenvalue weighted by Gasteiger charge is 2.32. The number of ether oxygens (including phenoxy) is 1. The molecule has 19 heavy (non-hydrogen) atoms. The molecule has 1 N–H and O–H groups in total. The average Bonchev–Trinajstić information content (AvgIpc) is 3.03. The first-order valence-electron chi connectivity index (χ1n) is 7.06. The Kier molecular flexibility index (Phi) is 4.59. The van der Waals surface area contributed by atoms with Crippen LogP contribution in [0.1, 0.15) is 30.7 Å². The number of nitrogens with zero attached hydrogens (tertiary/aromatic N) is 1. The zero-order chi connectivity index (χ0) is 13.2. The molecule has 0 aliphatic carbocycles. The first-order valence-corrected chi connectivity index (χ1v) is 8.73. The Morgan fingerprint density at radius 2 is 2.53 bits per heavy atom. The summed E-state index contributed by atoms with van der Waals surface area (Å²) in [5.74, 6) is 0. The zero-order valence-electron chi connectivity index (χ0n) is 11.3. The van der Waals surface area contributed by atoms with Gasteiger partial charge in [-0.3, -0.25) is 4.90 Å². The van der Waals surface area contributed by atoms with Crippen LogP contribution in [-0.2, 0) is 4.74 Å². The van der Waals surface area contributed by atoms with Crippen LogP contribution in [0.4, 0.5) is 0 Å². The molecule has 0 saturated carbocycles. The number of nitrogens with one attached hydrogen (secondary N) is 1. The van der Waals surface area contributed by atoms with E-state index in [1.807, 2.05) is 0 Å². The van der Waals surface area contributed by atoms with Crippen molar-refractivity contribution in [3.05, 3.63) is 20.8 Å². The lowest BCUT2D eigenvalue weighted by atomic mass is 10.2. The van der Waals surface area contributed by atoms with E-state index in [-0.39, 0.29) is 0 Å². The Balaban J connectivity index is 1.48. The molecule has 0 aromatic carbocycles. The van der Waals surface area contributed by atoms with E-state index in [1.54, 1.807) is 11.3 Å². The summed E-state index contributed by atoms with van der Waals surface area (Å²) in [6.45, 7) is 6.43. The molecule has 2 aliphatic rings. The van der Waals surface area contributed by atoms with Crippen LogP contribution in [0.3, 0.4) is 0 Å². The SMILES string of the molecule is CC(NCC1CN2CCCC2CO1)c1sccc1Br. The summed E-state index contributed by atoms with van der Waals surface area (Å²) in [6, 6.07) is 3.19. The highest BCUT2D eigenvalue weighted by atomic mass is 79.9. The predicted molar refractivity (Wildman–Crippen MR) is 82.8 cm³/mol. The van der Waals surface area contributed by atoms with E-state index in [4.69, 9.17) is 4.74 Å². The van der Waals surface area contributed by atoms with Crippen LogP contribution in [0, 0.1) is 0 Å². The second kappa shape index (κ2) is 6.22. The Morgan fingerprint density at radius 1 is 1.63 bits per heavy atom. The van der Waals surface area contributed by atoms with Crippen molar-refractivity contribution in [2.45, 2.75) is 38.0 Å². The highest BCUT2D eigenvalue weighted by molar-refractivity contribution is 9.10. The lowest BCUT2D eigenvalue weighted by Gasteiger charge is -2.35. The van der Waals surface area contributed by atoms with Gasteiger partial charge < -0.3 is 10.1 Å². The monoisotopic (exact) mass is 344 g/mol. The number of rotatable bonds is 4. The highest BCUT2D eigenvalue weighted by Crippen LogP contribution is 2.29.